The molecule has 0 aromatic heterocycles. The van der Waals surface area contributed by atoms with Gasteiger partial charge in [0.1, 0.15) is 6.10 Å². The summed E-state index contributed by atoms with van der Waals surface area (Å²) in [5, 5.41) is 0.633. The quantitative estimate of drug-likeness (QED) is 0.536. The Morgan fingerprint density at radius 3 is 2.24 bits per heavy atom. The van der Waals surface area contributed by atoms with E-state index in [1.165, 1.54) is 6.92 Å². The third-order valence-corrected chi connectivity index (χ3v) is 5.39. The van der Waals surface area contributed by atoms with Gasteiger partial charge in [0.15, 0.2) is 0 Å². The molecular formula is C15H27O5P. The summed E-state index contributed by atoms with van der Waals surface area (Å²) in [6.45, 7) is 8.70. The van der Waals surface area contributed by atoms with Gasteiger partial charge in [-0.25, -0.2) is 0 Å². The molecule has 1 aliphatic rings. The molecule has 0 aromatic carbocycles. The van der Waals surface area contributed by atoms with Gasteiger partial charge in [-0.05, 0) is 59.5 Å². The van der Waals surface area contributed by atoms with E-state index in [4.69, 9.17) is 13.8 Å². The summed E-state index contributed by atoms with van der Waals surface area (Å²) in [7, 11) is -3.35. The largest absolute Gasteiger partial charge is 0.458 e. The Bertz CT molecular complexity index is 414. The Hall–Kier alpha value is -0.640. The molecule has 0 saturated carbocycles. The molecule has 0 radical (unpaired) electrons. The lowest BCUT2D eigenvalue weighted by Gasteiger charge is -2.25. The number of carbonyl (C=O) groups excluding carboxylic acids is 1. The number of rotatable bonds is 6. The van der Waals surface area contributed by atoms with E-state index in [-0.39, 0.29) is 24.3 Å². The minimum absolute atomic E-state index is 0.203. The molecule has 0 aliphatic heterocycles. The highest BCUT2D eigenvalue weighted by molar-refractivity contribution is 7.58. The average molecular weight is 318 g/mol. The van der Waals surface area contributed by atoms with Crippen molar-refractivity contribution in [1.29, 1.82) is 0 Å². The topological polar surface area (TPSA) is 61.8 Å². The zero-order chi connectivity index (χ0) is 16.0. The number of allylic oxidation sites excluding steroid dienone is 1. The maximum absolute atomic E-state index is 13.1. The van der Waals surface area contributed by atoms with Gasteiger partial charge in [0, 0.05) is 12.2 Å². The number of hydrogen-bond acceptors (Lipinski definition) is 5. The molecule has 0 amide bonds. The fraction of sp³-hybridized carbons (Fsp3) is 0.800. The molecule has 122 valence electrons. The fourth-order valence-corrected chi connectivity index (χ4v) is 4.49. The summed E-state index contributed by atoms with van der Waals surface area (Å²) >= 11 is 0. The molecule has 0 N–H and O–H groups in total. The minimum atomic E-state index is -3.35. The van der Waals surface area contributed by atoms with Crippen LogP contribution in [-0.2, 0) is 23.1 Å². The van der Waals surface area contributed by atoms with Crippen molar-refractivity contribution < 1.29 is 23.1 Å². The zero-order valence-corrected chi connectivity index (χ0v) is 14.5. The Morgan fingerprint density at radius 2 is 1.76 bits per heavy atom. The molecule has 1 atom stereocenters. The molecule has 1 unspecified atom stereocenters. The zero-order valence-electron chi connectivity index (χ0n) is 13.6. The van der Waals surface area contributed by atoms with Crippen LogP contribution in [0.5, 0.6) is 0 Å². The van der Waals surface area contributed by atoms with Crippen molar-refractivity contribution >= 4 is 13.6 Å². The van der Waals surface area contributed by atoms with Crippen LogP contribution in [0.4, 0.5) is 0 Å². The second-order valence-electron chi connectivity index (χ2n) is 5.86. The normalized spacial score (nSPS) is 20.3. The smallest absolute Gasteiger partial charge is 0.357 e. The van der Waals surface area contributed by atoms with E-state index in [9.17, 15) is 9.36 Å². The predicted molar refractivity (Wildman–Crippen MR) is 82.2 cm³/mol. The lowest BCUT2D eigenvalue weighted by molar-refractivity contribution is -0.144. The molecule has 0 spiro atoms. The van der Waals surface area contributed by atoms with E-state index in [0.717, 1.165) is 19.3 Å². The highest BCUT2D eigenvalue weighted by Crippen LogP contribution is 2.60. The summed E-state index contributed by atoms with van der Waals surface area (Å²) in [4.78, 5) is 11.2. The molecular weight excluding hydrogens is 291 g/mol. The lowest BCUT2D eigenvalue weighted by atomic mass is 10.2. The summed E-state index contributed by atoms with van der Waals surface area (Å²) in [5.74, 6) is -0.332. The van der Waals surface area contributed by atoms with Gasteiger partial charge in [0.2, 0.25) is 0 Å². The number of esters is 1. The van der Waals surface area contributed by atoms with Gasteiger partial charge in [0.25, 0.3) is 0 Å². The van der Waals surface area contributed by atoms with E-state index >= 15 is 0 Å². The third-order valence-electron chi connectivity index (χ3n) is 2.92. The van der Waals surface area contributed by atoms with Crippen molar-refractivity contribution in [3.63, 3.8) is 0 Å². The fourth-order valence-electron chi connectivity index (χ4n) is 2.28. The van der Waals surface area contributed by atoms with E-state index in [1.54, 1.807) is 6.08 Å². The van der Waals surface area contributed by atoms with Gasteiger partial charge >= 0.3 is 13.6 Å². The van der Waals surface area contributed by atoms with Crippen LogP contribution < -0.4 is 0 Å². The van der Waals surface area contributed by atoms with E-state index in [1.807, 2.05) is 27.7 Å². The highest BCUT2D eigenvalue weighted by Gasteiger charge is 2.34. The van der Waals surface area contributed by atoms with Gasteiger partial charge in [-0.15, -0.1) is 0 Å². The van der Waals surface area contributed by atoms with Crippen molar-refractivity contribution in [1.82, 2.24) is 0 Å². The van der Waals surface area contributed by atoms with Crippen LogP contribution in [0.3, 0.4) is 0 Å². The van der Waals surface area contributed by atoms with Crippen molar-refractivity contribution in [3.05, 3.63) is 11.4 Å². The van der Waals surface area contributed by atoms with Crippen molar-refractivity contribution in [3.8, 4) is 0 Å². The van der Waals surface area contributed by atoms with Gasteiger partial charge in [-0.2, -0.15) is 0 Å². The third kappa shape index (κ3) is 6.33. The average Bonchev–Trinajstić information content (AvgIpc) is 2.51. The molecule has 0 heterocycles. The molecule has 0 fully saturated rings. The van der Waals surface area contributed by atoms with E-state index < -0.39 is 7.60 Å². The molecule has 1 aliphatic carbocycles. The standard InChI is InChI=1S/C15H27O5P/c1-11(2)19-21(17,20-12(3)4)15-9-7-6-8-14(10-15)18-13(5)16/h10-12,14H,6-9H2,1-5H3. The molecule has 6 heteroatoms. The Labute approximate surface area is 127 Å². The van der Waals surface area contributed by atoms with Crippen molar-refractivity contribution in [2.24, 2.45) is 0 Å². The van der Waals surface area contributed by atoms with Crippen LogP contribution in [0.2, 0.25) is 0 Å². The maximum atomic E-state index is 13.1. The number of hydrogen-bond donors (Lipinski definition) is 0. The van der Waals surface area contributed by atoms with Crippen molar-refractivity contribution in [2.45, 2.75) is 78.6 Å². The molecule has 5 nitrogen and oxygen atoms in total. The first-order valence-electron chi connectivity index (χ1n) is 7.58. The maximum Gasteiger partial charge on any atom is 0.357 e. The van der Waals surface area contributed by atoms with Crippen LogP contribution in [0.1, 0.15) is 60.3 Å². The Balaban J connectivity index is 3.04. The highest BCUT2D eigenvalue weighted by atomic mass is 31.2. The summed E-state index contributed by atoms with van der Waals surface area (Å²) in [6, 6.07) is 0. The first-order chi connectivity index (χ1) is 9.73. The van der Waals surface area contributed by atoms with Crippen LogP contribution in [0.15, 0.2) is 11.4 Å². The predicted octanol–water partition coefficient (Wildman–Crippen LogP) is 4.42. The van der Waals surface area contributed by atoms with Crippen LogP contribution in [0.25, 0.3) is 0 Å². The molecule has 21 heavy (non-hydrogen) atoms. The van der Waals surface area contributed by atoms with E-state index in [2.05, 4.69) is 0 Å². The molecule has 0 bridgehead atoms. The monoisotopic (exact) mass is 318 g/mol. The van der Waals surface area contributed by atoms with Crippen LogP contribution in [0, 0.1) is 0 Å². The first kappa shape index (κ1) is 18.4. The Kier molecular flexibility index (Phi) is 7.11. The van der Waals surface area contributed by atoms with Crippen LogP contribution >= 0.6 is 7.60 Å². The first-order valence-corrected chi connectivity index (χ1v) is 9.12. The second-order valence-corrected chi connectivity index (χ2v) is 7.85. The number of carbonyl (C=O) groups is 1. The summed E-state index contributed by atoms with van der Waals surface area (Å²) in [5.41, 5.74) is 0. The molecule has 0 saturated heterocycles. The van der Waals surface area contributed by atoms with Crippen molar-refractivity contribution in [2.75, 3.05) is 0 Å². The summed E-state index contributed by atoms with van der Waals surface area (Å²) in [6.07, 6.45) is 4.20. The summed E-state index contributed by atoms with van der Waals surface area (Å²) < 4.78 is 29.6. The SMILES string of the molecule is CC(=O)OC1C=C(P(=O)(OC(C)C)OC(C)C)CCCC1. The molecule has 0 aromatic rings. The van der Waals surface area contributed by atoms with Gasteiger partial charge in [-0.1, -0.05) is 0 Å². The van der Waals surface area contributed by atoms with Gasteiger partial charge in [0.05, 0.1) is 12.2 Å². The minimum Gasteiger partial charge on any atom is -0.458 e. The van der Waals surface area contributed by atoms with Crippen LogP contribution in [-0.4, -0.2) is 24.3 Å². The second kappa shape index (κ2) is 8.11. The van der Waals surface area contributed by atoms with E-state index in [0.29, 0.717) is 11.7 Å². The lowest BCUT2D eigenvalue weighted by Crippen LogP contribution is -2.14. The van der Waals surface area contributed by atoms with Gasteiger partial charge < -0.3 is 13.8 Å². The number of ether oxygens (including phenoxy) is 1. The Morgan fingerprint density at radius 1 is 1.19 bits per heavy atom. The van der Waals surface area contributed by atoms with Gasteiger partial charge in [-0.3, -0.25) is 9.36 Å². The molecule has 1 rings (SSSR count).